The summed E-state index contributed by atoms with van der Waals surface area (Å²) in [6, 6.07) is 14.2. The van der Waals surface area contributed by atoms with E-state index in [0.717, 1.165) is 17.5 Å². The molecule has 7 heteroatoms. The van der Waals surface area contributed by atoms with E-state index in [1.54, 1.807) is 18.2 Å². The van der Waals surface area contributed by atoms with Crippen LogP contribution in [-0.2, 0) is 0 Å². The summed E-state index contributed by atoms with van der Waals surface area (Å²) in [6.07, 6.45) is 2.32. The Morgan fingerprint density at radius 1 is 1.38 bits per heavy atom. The molecular formula is C19H16N4O3. The number of benzene rings is 2. The zero-order valence-electron chi connectivity index (χ0n) is 14.1. The maximum atomic E-state index is 11.3. The number of H-pyrrole nitrogens is 1. The minimum absolute atomic E-state index is 0.130. The first-order valence-corrected chi connectivity index (χ1v) is 8.10. The van der Waals surface area contributed by atoms with Crippen LogP contribution in [0.25, 0.3) is 22.7 Å². The third-order valence-electron chi connectivity index (χ3n) is 3.72. The van der Waals surface area contributed by atoms with Crippen molar-refractivity contribution in [1.82, 2.24) is 9.97 Å². The summed E-state index contributed by atoms with van der Waals surface area (Å²) >= 11 is 0. The molecule has 0 atom stereocenters. The third kappa shape index (κ3) is 3.54. The van der Waals surface area contributed by atoms with Crippen molar-refractivity contribution < 1.29 is 9.66 Å². The van der Waals surface area contributed by atoms with E-state index in [1.807, 2.05) is 31.2 Å². The smallest absolute Gasteiger partial charge is 0.311 e. The third-order valence-corrected chi connectivity index (χ3v) is 3.72. The van der Waals surface area contributed by atoms with E-state index >= 15 is 0 Å². The van der Waals surface area contributed by atoms with E-state index < -0.39 is 4.92 Å². The molecule has 2 aromatic carbocycles. The first-order chi connectivity index (χ1) is 12.6. The molecule has 0 saturated heterocycles. The molecule has 0 fully saturated rings. The number of ether oxygens (including phenoxy) is 1. The van der Waals surface area contributed by atoms with Crippen LogP contribution in [0.15, 0.2) is 42.5 Å². The number of nitrogens with one attached hydrogen (secondary N) is 1. The van der Waals surface area contributed by atoms with Gasteiger partial charge in [-0.1, -0.05) is 25.1 Å². The summed E-state index contributed by atoms with van der Waals surface area (Å²) in [6.45, 7) is 2.33. The van der Waals surface area contributed by atoms with Crippen LogP contribution < -0.4 is 4.74 Å². The highest BCUT2D eigenvalue weighted by molar-refractivity contribution is 5.90. The number of nitro groups is 1. The van der Waals surface area contributed by atoms with Gasteiger partial charge in [-0.3, -0.25) is 10.1 Å². The molecule has 1 heterocycles. The van der Waals surface area contributed by atoms with Crippen molar-refractivity contribution in [1.29, 1.82) is 5.26 Å². The Balaban J connectivity index is 2.00. The van der Waals surface area contributed by atoms with Gasteiger partial charge in [-0.2, -0.15) is 5.26 Å². The highest BCUT2D eigenvalue weighted by atomic mass is 16.6. The molecule has 0 unspecified atom stereocenters. The predicted molar refractivity (Wildman–Crippen MR) is 98.5 cm³/mol. The standard InChI is InChI=1S/C19H16N4O3/c1-2-9-26-18-8-7-13(11-17(18)23(24)25)10-14(12-20)19-21-15-5-3-4-6-16(15)22-19/h3-8,10-11H,2,9H2,1H3,(H,21,22)/b14-10-. The summed E-state index contributed by atoms with van der Waals surface area (Å²) in [4.78, 5) is 18.3. The van der Waals surface area contributed by atoms with Gasteiger partial charge < -0.3 is 9.72 Å². The summed E-state index contributed by atoms with van der Waals surface area (Å²) in [7, 11) is 0. The number of nitriles is 1. The normalized spacial score (nSPS) is 11.3. The average molecular weight is 348 g/mol. The maximum Gasteiger partial charge on any atom is 0.311 e. The van der Waals surface area contributed by atoms with Crippen molar-refractivity contribution in [2.75, 3.05) is 6.61 Å². The van der Waals surface area contributed by atoms with Crippen LogP contribution in [0.2, 0.25) is 0 Å². The molecule has 7 nitrogen and oxygen atoms in total. The highest BCUT2D eigenvalue weighted by Gasteiger charge is 2.16. The summed E-state index contributed by atoms with van der Waals surface area (Å²) < 4.78 is 5.41. The number of hydrogen-bond donors (Lipinski definition) is 1. The second kappa shape index (κ2) is 7.49. The van der Waals surface area contributed by atoms with Gasteiger partial charge in [0.25, 0.3) is 0 Å². The van der Waals surface area contributed by atoms with E-state index in [2.05, 4.69) is 16.0 Å². The van der Waals surface area contributed by atoms with Gasteiger partial charge in [-0.15, -0.1) is 0 Å². The number of para-hydroxylation sites is 2. The van der Waals surface area contributed by atoms with Crippen LogP contribution in [0, 0.1) is 21.4 Å². The monoisotopic (exact) mass is 348 g/mol. The van der Waals surface area contributed by atoms with Gasteiger partial charge in [0.15, 0.2) is 5.75 Å². The average Bonchev–Trinajstić information content (AvgIpc) is 3.08. The number of fused-ring (bicyclic) bond motifs is 1. The molecule has 0 aliphatic rings. The molecule has 0 spiro atoms. The Morgan fingerprint density at radius 2 is 2.19 bits per heavy atom. The molecule has 0 bridgehead atoms. The number of hydrogen-bond acceptors (Lipinski definition) is 5. The Bertz CT molecular complexity index is 998. The van der Waals surface area contributed by atoms with Gasteiger partial charge in [-0.05, 0) is 36.3 Å². The molecular weight excluding hydrogens is 332 g/mol. The molecule has 26 heavy (non-hydrogen) atoms. The molecule has 1 aromatic heterocycles. The summed E-state index contributed by atoms with van der Waals surface area (Å²) in [5, 5.41) is 20.8. The van der Waals surface area contributed by atoms with E-state index in [9.17, 15) is 15.4 Å². The van der Waals surface area contributed by atoms with E-state index in [1.165, 1.54) is 6.07 Å². The molecule has 130 valence electrons. The van der Waals surface area contributed by atoms with E-state index in [0.29, 0.717) is 18.0 Å². The fourth-order valence-electron chi connectivity index (χ4n) is 2.50. The Kier molecular flexibility index (Phi) is 4.94. The zero-order valence-corrected chi connectivity index (χ0v) is 14.1. The van der Waals surface area contributed by atoms with Crippen molar-refractivity contribution in [2.45, 2.75) is 13.3 Å². The van der Waals surface area contributed by atoms with Crippen LogP contribution in [-0.4, -0.2) is 21.5 Å². The van der Waals surface area contributed by atoms with E-state index in [4.69, 9.17) is 4.74 Å². The van der Waals surface area contributed by atoms with Crippen molar-refractivity contribution in [2.24, 2.45) is 0 Å². The second-order valence-corrected chi connectivity index (χ2v) is 5.61. The van der Waals surface area contributed by atoms with Crippen LogP contribution in [0.5, 0.6) is 5.75 Å². The number of aromatic nitrogens is 2. The summed E-state index contributed by atoms with van der Waals surface area (Å²) in [5.74, 6) is 0.638. The van der Waals surface area contributed by atoms with Gasteiger partial charge in [-0.25, -0.2) is 4.98 Å². The number of aromatic amines is 1. The Hall–Kier alpha value is -3.66. The first kappa shape index (κ1) is 17.2. The maximum absolute atomic E-state index is 11.3. The van der Waals surface area contributed by atoms with Gasteiger partial charge in [0.1, 0.15) is 11.9 Å². The van der Waals surface area contributed by atoms with Crippen LogP contribution in [0.3, 0.4) is 0 Å². The van der Waals surface area contributed by atoms with Crippen LogP contribution >= 0.6 is 0 Å². The minimum atomic E-state index is -0.491. The Labute approximate surface area is 149 Å². The number of imidazole rings is 1. The minimum Gasteiger partial charge on any atom is -0.487 e. The van der Waals surface area contributed by atoms with Crippen LogP contribution in [0.1, 0.15) is 24.7 Å². The highest BCUT2D eigenvalue weighted by Crippen LogP contribution is 2.30. The fourth-order valence-corrected chi connectivity index (χ4v) is 2.50. The fraction of sp³-hybridized carbons (Fsp3) is 0.158. The van der Waals surface area contributed by atoms with Gasteiger partial charge >= 0.3 is 5.69 Å². The van der Waals surface area contributed by atoms with Crippen molar-refractivity contribution >= 4 is 28.4 Å². The second-order valence-electron chi connectivity index (χ2n) is 5.61. The number of nitrogens with zero attached hydrogens (tertiary/aromatic N) is 3. The quantitative estimate of drug-likeness (QED) is 0.406. The zero-order chi connectivity index (χ0) is 18.5. The molecule has 0 radical (unpaired) electrons. The molecule has 3 aromatic rings. The van der Waals surface area contributed by atoms with Gasteiger partial charge in [0, 0.05) is 6.07 Å². The topological polar surface area (TPSA) is 105 Å². The van der Waals surface area contributed by atoms with Gasteiger partial charge in [0.05, 0.1) is 28.1 Å². The molecule has 3 rings (SSSR count). The lowest BCUT2D eigenvalue weighted by Gasteiger charge is -2.06. The van der Waals surface area contributed by atoms with Crippen molar-refractivity contribution in [3.63, 3.8) is 0 Å². The predicted octanol–water partition coefficient (Wildman–Crippen LogP) is 4.32. The lowest BCUT2D eigenvalue weighted by Crippen LogP contribution is -1.99. The number of nitro benzene ring substituents is 1. The number of rotatable bonds is 6. The molecule has 0 aliphatic carbocycles. The molecule has 0 aliphatic heterocycles. The van der Waals surface area contributed by atoms with Crippen molar-refractivity contribution in [3.8, 4) is 11.8 Å². The largest absolute Gasteiger partial charge is 0.487 e. The van der Waals surface area contributed by atoms with Gasteiger partial charge in [0.2, 0.25) is 0 Å². The number of allylic oxidation sites excluding steroid dienone is 1. The Morgan fingerprint density at radius 3 is 2.88 bits per heavy atom. The molecule has 0 saturated carbocycles. The van der Waals surface area contributed by atoms with E-state index in [-0.39, 0.29) is 17.0 Å². The molecule has 0 amide bonds. The molecule has 1 N–H and O–H groups in total. The van der Waals surface area contributed by atoms with Crippen molar-refractivity contribution in [3.05, 3.63) is 64.0 Å². The summed E-state index contributed by atoms with van der Waals surface area (Å²) in [5.41, 5.74) is 2.25. The lowest BCUT2D eigenvalue weighted by molar-refractivity contribution is -0.385. The first-order valence-electron chi connectivity index (χ1n) is 8.10. The SMILES string of the molecule is CCCOc1ccc(/C=C(/C#N)c2nc3ccccc3[nH]2)cc1[N+](=O)[O-]. The lowest BCUT2D eigenvalue weighted by atomic mass is 10.1. The van der Waals surface area contributed by atoms with Crippen LogP contribution in [0.4, 0.5) is 5.69 Å².